The van der Waals surface area contributed by atoms with Gasteiger partial charge in [-0.25, -0.2) is 4.79 Å². The SMILES string of the molecule is CCC1(C(=O)O)CCCN1C(=O)c1ccc(O)c(O)c1. The molecular weight excluding hydrogens is 262 g/mol. The van der Waals surface area contributed by atoms with Crippen molar-refractivity contribution in [2.24, 2.45) is 0 Å². The van der Waals surface area contributed by atoms with E-state index in [-0.39, 0.29) is 11.3 Å². The standard InChI is InChI=1S/C14H17NO5/c1-2-14(13(19)20)6-3-7-15(14)12(18)9-4-5-10(16)11(17)8-9/h4-5,8,16-17H,2-3,6-7H2,1H3,(H,19,20). The highest BCUT2D eigenvalue weighted by atomic mass is 16.4. The van der Waals surface area contributed by atoms with Gasteiger partial charge in [0.2, 0.25) is 0 Å². The summed E-state index contributed by atoms with van der Waals surface area (Å²) in [6.45, 7) is 2.12. The second kappa shape index (κ2) is 5.03. The first-order chi connectivity index (χ1) is 9.42. The Morgan fingerprint density at radius 2 is 2.00 bits per heavy atom. The number of carbonyl (C=O) groups excluding carboxylic acids is 1. The maximum absolute atomic E-state index is 12.5. The van der Waals surface area contributed by atoms with Crippen LogP contribution in [0.3, 0.4) is 0 Å². The number of benzene rings is 1. The van der Waals surface area contributed by atoms with E-state index in [0.717, 1.165) is 6.07 Å². The minimum Gasteiger partial charge on any atom is -0.504 e. The van der Waals surface area contributed by atoms with Crippen molar-refractivity contribution >= 4 is 11.9 Å². The summed E-state index contributed by atoms with van der Waals surface area (Å²) in [4.78, 5) is 25.3. The summed E-state index contributed by atoms with van der Waals surface area (Å²) in [6, 6.07) is 3.74. The first-order valence-corrected chi connectivity index (χ1v) is 6.49. The third-order valence-corrected chi connectivity index (χ3v) is 3.94. The zero-order valence-corrected chi connectivity index (χ0v) is 11.2. The monoisotopic (exact) mass is 279 g/mol. The van der Waals surface area contributed by atoms with Gasteiger partial charge in [-0.05, 0) is 37.5 Å². The lowest BCUT2D eigenvalue weighted by atomic mass is 9.92. The molecule has 20 heavy (non-hydrogen) atoms. The average molecular weight is 279 g/mol. The predicted octanol–water partition coefficient (Wildman–Crippen LogP) is 1.57. The summed E-state index contributed by atoms with van der Waals surface area (Å²) < 4.78 is 0. The normalized spacial score (nSPS) is 21.9. The number of likely N-dealkylation sites (tertiary alicyclic amines) is 1. The fraction of sp³-hybridized carbons (Fsp3) is 0.429. The van der Waals surface area contributed by atoms with E-state index in [1.54, 1.807) is 6.92 Å². The second-order valence-corrected chi connectivity index (χ2v) is 4.95. The highest BCUT2D eigenvalue weighted by molar-refractivity contribution is 5.98. The van der Waals surface area contributed by atoms with Gasteiger partial charge in [0, 0.05) is 12.1 Å². The Labute approximate surface area is 116 Å². The van der Waals surface area contributed by atoms with Gasteiger partial charge in [0.1, 0.15) is 5.54 Å². The van der Waals surface area contributed by atoms with Crippen LogP contribution in [0.15, 0.2) is 18.2 Å². The molecule has 1 unspecified atom stereocenters. The van der Waals surface area contributed by atoms with Gasteiger partial charge in [-0.3, -0.25) is 4.79 Å². The van der Waals surface area contributed by atoms with Crippen LogP contribution in [-0.2, 0) is 4.79 Å². The third-order valence-electron chi connectivity index (χ3n) is 3.94. The fourth-order valence-corrected chi connectivity index (χ4v) is 2.73. The predicted molar refractivity (Wildman–Crippen MR) is 70.7 cm³/mol. The van der Waals surface area contributed by atoms with Crippen LogP contribution < -0.4 is 0 Å². The van der Waals surface area contributed by atoms with Gasteiger partial charge in [-0.15, -0.1) is 0 Å². The average Bonchev–Trinajstić information content (AvgIpc) is 2.86. The number of aliphatic carboxylic acids is 1. The van der Waals surface area contributed by atoms with Crippen molar-refractivity contribution in [3.8, 4) is 11.5 Å². The van der Waals surface area contributed by atoms with E-state index in [9.17, 15) is 24.9 Å². The molecule has 1 aromatic rings. The summed E-state index contributed by atoms with van der Waals surface area (Å²) in [7, 11) is 0. The number of nitrogens with zero attached hydrogens (tertiary/aromatic N) is 1. The van der Waals surface area contributed by atoms with Crippen molar-refractivity contribution in [2.45, 2.75) is 31.7 Å². The molecule has 1 aromatic carbocycles. The van der Waals surface area contributed by atoms with E-state index in [2.05, 4.69) is 0 Å². The highest BCUT2D eigenvalue weighted by Gasteiger charge is 2.48. The van der Waals surface area contributed by atoms with E-state index in [4.69, 9.17) is 0 Å². The maximum Gasteiger partial charge on any atom is 0.329 e. The van der Waals surface area contributed by atoms with Crippen molar-refractivity contribution in [1.29, 1.82) is 0 Å². The molecule has 1 atom stereocenters. The van der Waals surface area contributed by atoms with Crippen molar-refractivity contribution in [2.75, 3.05) is 6.54 Å². The topological polar surface area (TPSA) is 98.1 Å². The van der Waals surface area contributed by atoms with Crippen LogP contribution in [0.2, 0.25) is 0 Å². The molecule has 0 aliphatic carbocycles. The fourth-order valence-electron chi connectivity index (χ4n) is 2.73. The van der Waals surface area contributed by atoms with Crippen LogP contribution in [0.25, 0.3) is 0 Å². The number of carbonyl (C=O) groups is 2. The number of phenolic OH excluding ortho intramolecular Hbond substituents is 2. The molecule has 1 aliphatic rings. The molecule has 108 valence electrons. The number of rotatable bonds is 3. The molecule has 1 heterocycles. The summed E-state index contributed by atoms with van der Waals surface area (Å²) in [5.41, 5.74) is -1.01. The molecule has 1 fully saturated rings. The molecule has 0 bridgehead atoms. The first kappa shape index (κ1) is 14.2. The molecule has 2 rings (SSSR count). The van der Waals surface area contributed by atoms with Crippen LogP contribution in [0, 0.1) is 0 Å². The van der Waals surface area contributed by atoms with Crippen LogP contribution in [0.1, 0.15) is 36.5 Å². The quantitative estimate of drug-likeness (QED) is 0.729. The molecule has 1 saturated heterocycles. The third kappa shape index (κ3) is 2.07. The van der Waals surface area contributed by atoms with E-state index in [1.807, 2.05) is 0 Å². The summed E-state index contributed by atoms with van der Waals surface area (Å²) in [6.07, 6.45) is 1.39. The summed E-state index contributed by atoms with van der Waals surface area (Å²) in [5, 5.41) is 28.2. The molecular formula is C14H17NO5. The lowest BCUT2D eigenvalue weighted by Crippen LogP contribution is -2.52. The molecule has 3 N–H and O–H groups in total. The molecule has 0 radical (unpaired) electrons. The Morgan fingerprint density at radius 1 is 1.30 bits per heavy atom. The molecule has 1 aliphatic heterocycles. The lowest BCUT2D eigenvalue weighted by molar-refractivity contribution is -0.148. The highest BCUT2D eigenvalue weighted by Crippen LogP contribution is 2.35. The number of carboxylic acid groups (broad SMARTS) is 1. The number of hydrogen-bond acceptors (Lipinski definition) is 4. The van der Waals surface area contributed by atoms with Crippen LogP contribution in [0.4, 0.5) is 0 Å². The Hall–Kier alpha value is -2.24. The number of amides is 1. The van der Waals surface area contributed by atoms with E-state index in [1.165, 1.54) is 17.0 Å². The van der Waals surface area contributed by atoms with Gasteiger partial charge in [0.15, 0.2) is 11.5 Å². The molecule has 0 saturated carbocycles. The Morgan fingerprint density at radius 3 is 2.55 bits per heavy atom. The van der Waals surface area contributed by atoms with E-state index in [0.29, 0.717) is 25.8 Å². The summed E-state index contributed by atoms with van der Waals surface area (Å²) >= 11 is 0. The van der Waals surface area contributed by atoms with Crippen molar-refractivity contribution in [1.82, 2.24) is 4.90 Å². The molecule has 6 heteroatoms. The second-order valence-electron chi connectivity index (χ2n) is 4.95. The molecule has 1 amide bonds. The Kier molecular flexibility index (Phi) is 3.57. The smallest absolute Gasteiger partial charge is 0.329 e. The number of phenols is 2. The van der Waals surface area contributed by atoms with Gasteiger partial charge >= 0.3 is 5.97 Å². The molecule has 6 nitrogen and oxygen atoms in total. The Bertz CT molecular complexity index is 556. The van der Waals surface area contributed by atoms with Gasteiger partial charge in [0.25, 0.3) is 5.91 Å². The largest absolute Gasteiger partial charge is 0.504 e. The van der Waals surface area contributed by atoms with Gasteiger partial charge in [-0.2, -0.15) is 0 Å². The zero-order valence-electron chi connectivity index (χ0n) is 11.2. The van der Waals surface area contributed by atoms with Crippen molar-refractivity contribution in [3.05, 3.63) is 23.8 Å². The van der Waals surface area contributed by atoms with Crippen LogP contribution >= 0.6 is 0 Å². The van der Waals surface area contributed by atoms with E-state index >= 15 is 0 Å². The van der Waals surface area contributed by atoms with Crippen molar-refractivity contribution < 1.29 is 24.9 Å². The van der Waals surface area contributed by atoms with Crippen LogP contribution in [-0.4, -0.2) is 44.2 Å². The van der Waals surface area contributed by atoms with Gasteiger partial charge in [0.05, 0.1) is 0 Å². The van der Waals surface area contributed by atoms with Crippen molar-refractivity contribution in [3.63, 3.8) is 0 Å². The number of aromatic hydroxyl groups is 2. The van der Waals surface area contributed by atoms with E-state index < -0.39 is 23.2 Å². The van der Waals surface area contributed by atoms with Gasteiger partial charge in [-0.1, -0.05) is 6.92 Å². The molecule has 0 aromatic heterocycles. The first-order valence-electron chi connectivity index (χ1n) is 6.49. The van der Waals surface area contributed by atoms with Gasteiger partial charge < -0.3 is 20.2 Å². The minimum absolute atomic E-state index is 0.168. The Balaban J connectivity index is 2.36. The number of carboxylic acids is 1. The minimum atomic E-state index is -1.18. The zero-order chi connectivity index (χ0) is 14.9. The summed E-state index contributed by atoms with van der Waals surface area (Å²) in [5.74, 6) is -2.16. The lowest BCUT2D eigenvalue weighted by Gasteiger charge is -2.34. The maximum atomic E-state index is 12.5. The number of hydrogen-bond donors (Lipinski definition) is 3. The molecule has 0 spiro atoms. The van der Waals surface area contributed by atoms with Crippen LogP contribution in [0.5, 0.6) is 11.5 Å².